The summed E-state index contributed by atoms with van der Waals surface area (Å²) >= 11 is 15.6. The molecule has 112 valence electrons. The van der Waals surface area contributed by atoms with Gasteiger partial charge in [-0.15, -0.1) is 0 Å². The first-order valence-electron chi connectivity index (χ1n) is 6.35. The lowest BCUT2D eigenvalue weighted by Gasteiger charge is -2.19. The molecule has 2 aromatic rings. The number of aromatic nitrogens is 1. The number of methoxy groups -OCH3 is 1. The molecule has 0 bridgehead atoms. The molecule has 1 heterocycles. The van der Waals surface area contributed by atoms with E-state index < -0.39 is 0 Å². The molecule has 0 saturated heterocycles. The molecule has 21 heavy (non-hydrogen) atoms. The van der Waals surface area contributed by atoms with Crippen molar-refractivity contribution in [1.82, 2.24) is 10.3 Å². The van der Waals surface area contributed by atoms with Crippen LogP contribution < -0.4 is 10.1 Å². The van der Waals surface area contributed by atoms with Gasteiger partial charge in [-0.2, -0.15) is 0 Å². The van der Waals surface area contributed by atoms with E-state index in [4.69, 9.17) is 27.9 Å². The third kappa shape index (κ3) is 4.10. The van der Waals surface area contributed by atoms with Crippen LogP contribution in [0, 0.1) is 0 Å². The summed E-state index contributed by atoms with van der Waals surface area (Å²) in [4.78, 5) is 4.34. The van der Waals surface area contributed by atoms with Gasteiger partial charge in [-0.1, -0.05) is 39.1 Å². The normalized spacial score (nSPS) is 12.2. The highest BCUT2D eigenvalue weighted by Crippen LogP contribution is 2.30. The Morgan fingerprint density at radius 1 is 1.33 bits per heavy atom. The smallest absolute Gasteiger partial charge is 0.122 e. The number of hydrogen-bond donors (Lipinski definition) is 1. The van der Waals surface area contributed by atoms with E-state index in [9.17, 15) is 0 Å². The van der Waals surface area contributed by atoms with Gasteiger partial charge in [0.1, 0.15) is 5.75 Å². The Labute approximate surface area is 142 Å². The lowest BCUT2D eigenvalue weighted by atomic mass is 10.0. The topological polar surface area (TPSA) is 34.1 Å². The van der Waals surface area contributed by atoms with Crippen molar-refractivity contribution in [3.05, 3.63) is 56.2 Å². The molecule has 3 nitrogen and oxygen atoms in total. The van der Waals surface area contributed by atoms with E-state index in [1.54, 1.807) is 19.4 Å². The van der Waals surface area contributed by atoms with Gasteiger partial charge in [-0.3, -0.25) is 4.98 Å². The Hall–Kier alpha value is -0.810. The second-order valence-electron chi connectivity index (χ2n) is 4.52. The minimum absolute atomic E-state index is 0.0297. The molecule has 0 amide bonds. The van der Waals surface area contributed by atoms with Gasteiger partial charge in [0, 0.05) is 10.7 Å². The Morgan fingerprint density at radius 2 is 2.10 bits per heavy atom. The lowest BCUT2D eigenvalue weighted by molar-refractivity contribution is 0.406. The van der Waals surface area contributed by atoms with E-state index in [-0.39, 0.29) is 6.04 Å². The third-order valence-electron chi connectivity index (χ3n) is 3.18. The Morgan fingerprint density at radius 3 is 2.71 bits per heavy atom. The Balaban J connectivity index is 2.33. The van der Waals surface area contributed by atoms with Crippen LogP contribution in [-0.2, 0) is 6.42 Å². The largest absolute Gasteiger partial charge is 0.496 e. The van der Waals surface area contributed by atoms with Crippen LogP contribution in [0.25, 0.3) is 0 Å². The number of pyridine rings is 1. The summed E-state index contributed by atoms with van der Waals surface area (Å²) in [7, 11) is 3.54. The summed E-state index contributed by atoms with van der Waals surface area (Å²) < 4.78 is 6.41. The fraction of sp³-hybridized carbons (Fsp3) is 0.267. The van der Waals surface area contributed by atoms with E-state index in [0.29, 0.717) is 16.5 Å². The number of rotatable bonds is 5. The molecule has 1 aromatic heterocycles. The van der Waals surface area contributed by atoms with Crippen LogP contribution >= 0.6 is 39.1 Å². The van der Waals surface area contributed by atoms with Gasteiger partial charge in [-0.05, 0) is 43.3 Å². The minimum atomic E-state index is -0.0297. The molecule has 1 unspecified atom stereocenters. The zero-order valence-electron chi connectivity index (χ0n) is 11.7. The number of hydrogen-bond acceptors (Lipinski definition) is 3. The molecular weight excluding hydrogens is 375 g/mol. The fourth-order valence-electron chi connectivity index (χ4n) is 2.14. The number of likely N-dealkylation sites (N-methyl/N-ethyl adjacent to an activating group) is 1. The first-order chi connectivity index (χ1) is 10.0. The monoisotopic (exact) mass is 388 g/mol. The number of nitrogens with one attached hydrogen (secondary N) is 1. The van der Waals surface area contributed by atoms with Crippen molar-refractivity contribution in [2.45, 2.75) is 12.5 Å². The maximum atomic E-state index is 6.25. The standard InChI is InChI=1S/C15H15BrCl2N2O/c1-19-13(15-12(18)7-11(17)8-20-15)6-9-5-10(16)3-4-14(9)21-2/h3-5,7-8,13,19H,6H2,1-2H3. The van der Waals surface area contributed by atoms with Gasteiger partial charge in [0.05, 0.1) is 28.9 Å². The highest BCUT2D eigenvalue weighted by Gasteiger charge is 2.18. The molecular formula is C15H15BrCl2N2O. The second kappa shape index (κ2) is 7.45. The SMILES string of the molecule is CNC(Cc1cc(Br)ccc1OC)c1ncc(Cl)cc1Cl. The predicted molar refractivity (Wildman–Crippen MR) is 90.5 cm³/mol. The Bertz CT molecular complexity index is 637. The molecule has 0 aliphatic heterocycles. The van der Waals surface area contributed by atoms with Crippen molar-refractivity contribution in [3.63, 3.8) is 0 Å². The lowest BCUT2D eigenvalue weighted by Crippen LogP contribution is -2.20. The molecule has 6 heteroatoms. The summed E-state index contributed by atoms with van der Waals surface area (Å²) in [5, 5.41) is 4.32. The quantitative estimate of drug-likeness (QED) is 0.807. The average molecular weight is 390 g/mol. The minimum Gasteiger partial charge on any atom is -0.496 e. The summed E-state index contributed by atoms with van der Waals surface area (Å²) in [5.74, 6) is 0.837. The predicted octanol–water partition coefficient (Wildman–Crippen LogP) is 4.66. The van der Waals surface area contributed by atoms with Crippen molar-refractivity contribution >= 4 is 39.1 Å². The van der Waals surface area contributed by atoms with Gasteiger partial charge in [0.2, 0.25) is 0 Å². The molecule has 1 atom stereocenters. The molecule has 2 rings (SSSR count). The van der Waals surface area contributed by atoms with Crippen molar-refractivity contribution in [2.75, 3.05) is 14.2 Å². The van der Waals surface area contributed by atoms with Crippen molar-refractivity contribution in [2.24, 2.45) is 0 Å². The number of benzene rings is 1. The van der Waals surface area contributed by atoms with Crippen molar-refractivity contribution in [3.8, 4) is 5.75 Å². The zero-order chi connectivity index (χ0) is 15.4. The molecule has 1 N–H and O–H groups in total. The molecule has 1 aromatic carbocycles. The summed E-state index contributed by atoms with van der Waals surface area (Å²) in [6.07, 6.45) is 2.30. The molecule has 0 saturated carbocycles. The maximum absolute atomic E-state index is 6.25. The van der Waals surface area contributed by atoms with Crippen LogP contribution in [0.1, 0.15) is 17.3 Å². The van der Waals surface area contributed by atoms with Crippen molar-refractivity contribution < 1.29 is 4.74 Å². The highest BCUT2D eigenvalue weighted by atomic mass is 79.9. The second-order valence-corrected chi connectivity index (χ2v) is 6.28. The molecule has 0 aliphatic rings. The first-order valence-corrected chi connectivity index (χ1v) is 7.90. The van der Waals surface area contributed by atoms with E-state index in [2.05, 4.69) is 26.2 Å². The van der Waals surface area contributed by atoms with E-state index >= 15 is 0 Å². The average Bonchev–Trinajstić information content (AvgIpc) is 2.45. The third-order valence-corrected chi connectivity index (χ3v) is 4.18. The number of halogens is 3. The van der Waals surface area contributed by atoms with Crippen LogP contribution in [0.3, 0.4) is 0 Å². The fourth-order valence-corrected chi connectivity index (χ4v) is 3.06. The number of ether oxygens (including phenoxy) is 1. The molecule has 0 radical (unpaired) electrons. The molecule has 0 spiro atoms. The first kappa shape index (κ1) is 16.6. The van der Waals surface area contributed by atoms with Gasteiger partial charge in [0.15, 0.2) is 0 Å². The van der Waals surface area contributed by atoms with Crippen molar-refractivity contribution in [1.29, 1.82) is 0 Å². The van der Waals surface area contributed by atoms with Gasteiger partial charge in [-0.25, -0.2) is 0 Å². The molecule has 0 fully saturated rings. The van der Waals surface area contributed by atoms with Crippen LogP contribution in [0.2, 0.25) is 10.0 Å². The number of nitrogens with zero attached hydrogens (tertiary/aromatic N) is 1. The maximum Gasteiger partial charge on any atom is 0.122 e. The van der Waals surface area contributed by atoms with Crippen LogP contribution in [0.15, 0.2) is 34.9 Å². The van der Waals surface area contributed by atoms with Crippen LogP contribution in [-0.4, -0.2) is 19.1 Å². The summed E-state index contributed by atoms with van der Waals surface area (Å²) in [5.41, 5.74) is 1.84. The van der Waals surface area contributed by atoms with E-state index in [0.717, 1.165) is 21.5 Å². The highest BCUT2D eigenvalue weighted by molar-refractivity contribution is 9.10. The summed E-state index contributed by atoms with van der Waals surface area (Å²) in [6.45, 7) is 0. The molecule has 0 aliphatic carbocycles. The van der Waals surface area contributed by atoms with Gasteiger partial charge in [0.25, 0.3) is 0 Å². The van der Waals surface area contributed by atoms with Gasteiger partial charge < -0.3 is 10.1 Å². The van der Waals surface area contributed by atoms with E-state index in [1.165, 1.54) is 0 Å². The van der Waals surface area contributed by atoms with Crippen LogP contribution in [0.4, 0.5) is 0 Å². The van der Waals surface area contributed by atoms with Gasteiger partial charge >= 0.3 is 0 Å². The Kier molecular flexibility index (Phi) is 5.88. The zero-order valence-corrected chi connectivity index (χ0v) is 14.8. The van der Waals surface area contributed by atoms with E-state index in [1.807, 2.05) is 25.2 Å². The summed E-state index contributed by atoms with van der Waals surface area (Å²) in [6, 6.07) is 7.59. The van der Waals surface area contributed by atoms with Crippen LogP contribution in [0.5, 0.6) is 5.75 Å².